The van der Waals surface area contributed by atoms with E-state index < -0.39 is 0 Å². The lowest BCUT2D eigenvalue weighted by Crippen LogP contribution is -1.97. The molecule has 114 valence electrons. The van der Waals surface area contributed by atoms with E-state index in [1.54, 1.807) is 0 Å². The van der Waals surface area contributed by atoms with Crippen molar-refractivity contribution in [3.05, 3.63) is 95.0 Å². The Hall–Kier alpha value is -2.32. The molecule has 0 heterocycles. The lowest BCUT2D eigenvalue weighted by Gasteiger charge is -2.13. The molecule has 0 amide bonds. The summed E-state index contributed by atoms with van der Waals surface area (Å²) >= 11 is 3.54. The van der Waals surface area contributed by atoms with Crippen LogP contribution in [0.3, 0.4) is 0 Å². The molecule has 3 rings (SSSR count). The highest BCUT2D eigenvalue weighted by Gasteiger charge is 2.07. The van der Waals surface area contributed by atoms with Crippen LogP contribution in [-0.4, -0.2) is 0 Å². The largest absolute Gasteiger partial charge is 0.488 e. The Balaban J connectivity index is 1.87. The van der Waals surface area contributed by atoms with Crippen molar-refractivity contribution in [1.29, 1.82) is 0 Å². The third-order valence-electron chi connectivity index (χ3n) is 3.61. The third kappa shape index (κ3) is 3.91. The lowest BCUT2D eigenvalue weighted by molar-refractivity contribution is 0.307. The average Bonchev–Trinajstić information content (AvgIpc) is 2.61. The number of benzene rings is 3. The van der Waals surface area contributed by atoms with E-state index in [1.165, 1.54) is 0 Å². The van der Waals surface area contributed by atoms with Gasteiger partial charge in [-0.25, -0.2) is 0 Å². The van der Waals surface area contributed by atoms with Gasteiger partial charge < -0.3 is 4.74 Å². The van der Waals surface area contributed by atoms with Gasteiger partial charge in [0.2, 0.25) is 0 Å². The maximum atomic E-state index is 6.08. The first-order valence-electron chi connectivity index (χ1n) is 7.45. The van der Waals surface area contributed by atoms with Gasteiger partial charge in [-0.1, -0.05) is 77.1 Å². The molecule has 0 aliphatic heterocycles. The van der Waals surface area contributed by atoms with E-state index >= 15 is 0 Å². The van der Waals surface area contributed by atoms with Crippen LogP contribution < -0.4 is 4.74 Å². The number of halogens is 1. The summed E-state index contributed by atoms with van der Waals surface area (Å²) in [5.41, 5.74) is 4.46. The summed E-state index contributed by atoms with van der Waals surface area (Å²) < 4.78 is 7.12. The zero-order valence-electron chi connectivity index (χ0n) is 12.7. The fourth-order valence-electron chi connectivity index (χ4n) is 2.44. The molecule has 0 saturated heterocycles. The van der Waals surface area contributed by atoms with Gasteiger partial charge in [0.15, 0.2) is 0 Å². The fourth-order valence-corrected chi connectivity index (χ4v) is 2.80. The summed E-state index contributed by atoms with van der Waals surface area (Å²) in [4.78, 5) is 0. The van der Waals surface area contributed by atoms with Crippen LogP contribution in [0.2, 0.25) is 0 Å². The number of hydrogen-bond donors (Lipinski definition) is 0. The van der Waals surface area contributed by atoms with Crippen LogP contribution >= 0.6 is 15.9 Å². The van der Waals surface area contributed by atoms with Gasteiger partial charge in [0.25, 0.3) is 0 Å². The van der Waals surface area contributed by atoms with E-state index in [9.17, 15) is 0 Å². The molecule has 0 atom stereocenters. The molecule has 0 unspecified atom stereocenters. The summed E-state index contributed by atoms with van der Waals surface area (Å²) in [5.74, 6) is 0.878. The summed E-state index contributed by atoms with van der Waals surface area (Å²) in [5, 5.41) is 0. The van der Waals surface area contributed by atoms with Gasteiger partial charge in [-0.05, 0) is 41.0 Å². The maximum absolute atomic E-state index is 6.08. The molecule has 2 heteroatoms. The highest BCUT2D eigenvalue weighted by Crippen LogP contribution is 2.33. The molecular weight excluding hydrogens is 348 g/mol. The van der Waals surface area contributed by atoms with Crippen molar-refractivity contribution in [1.82, 2.24) is 0 Å². The average molecular weight is 365 g/mol. The lowest BCUT2D eigenvalue weighted by atomic mass is 10.0. The van der Waals surface area contributed by atoms with E-state index in [0.29, 0.717) is 6.61 Å². The van der Waals surface area contributed by atoms with Gasteiger partial charge in [-0.2, -0.15) is 0 Å². The smallest absolute Gasteiger partial charge is 0.127 e. The number of hydrogen-bond acceptors (Lipinski definition) is 1. The predicted molar refractivity (Wildman–Crippen MR) is 100 cm³/mol. The van der Waals surface area contributed by atoms with Crippen LogP contribution in [-0.2, 0) is 6.61 Å². The summed E-state index contributed by atoms with van der Waals surface area (Å²) in [6.07, 6.45) is 1.85. The van der Waals surface area contributed by atoms with Gasteiger partial charge in [0, 0.05) is 10.0 Å². The van der Waals surface area contributed by atoms with Crippen LogP contribution in [0.15, 0.2) is 83.8 Å². The molecule has 0 bridgehead atoms. The van der Waals surface area contributed by atoms with Gasteiger partial charge in [0.1, 0.15) is 12.4 Å². The Morgan fingerprint density at radius 1 is 0.913 bits per heavy atom. The zero-order chi connectivity index (χ0) is 16.1. The standard InChI is InChI=1S/C21H17BrO/c1-2-16-7-6-8-17(13-16)15-23-21-12-11-19(22)14-20(21)18-9-4-3-5-10-18/h2-14H,1,15H2. The first-order chi connectivity index (χ1) is 11.3. The van der Waals surface area contributed by atoms with Gasteiger partial charge in [-0.3, -0.25) is 0 Å². The molecule has 3 aromatic rings. The van der Waals surface area contributed by atoms with Crippen LogP contribution in [0.4, 0.5) is 0 Å². The first-order valence-corrected chi connectivity index (χ1v) is 8.25. The van der Waals surface area contributed by atoms with Crippen molar-refractivity contribution in [3.63, 3.8) is 0 Å². The number of rotatable bonds is 5. The first kappa shape index (κ1) is 15.6. The van der Waals surface area contributed by atoms with Gasteiger partial charge in [-0.15, -0.1) is 0 Å². The molecular formula is C21H17BrO. The van der Waals surface area contributed by atoms with Gasteiger partial charge >= 0.3 is 0 Å². The van der Waals surface area contributed by atoms with Crippen molar-refractivity contribution in [3.8, 4) is 16.9 Å². The summed E-state index contributed by atoms with van der Waals surface area (Å²) in [6.45, 7) is 4.34. The minimum atomic E-state index is 0.531. The van der Waals surface area contributed by atoms with Crippen molar-refractivity contribution in [2.45, 2.75) is 6.61 Å². The zero-order valence-corrected chi connectivity index (χ0v) is 14.3. The summed E-state index contributed by atoms with van der Waals surface area (Å²) in [7, 11) is 0. The molecule has 0 spiro atoms. The Morgan fingerprint density at radius 3 is 2.52 bits per heavy atom. The van der Waals surface area contributed by atoms with E-state index in [0.717, 1.165) is 32.5 Å². The Kier molecular flexibility index (Phi) is 4.94. The minimum Gasteiger partial charge on any atom is -0.488 e. The molecule has 0 fully saturated rings. The van der Waals surface area contributed by atoms with Crippen LogP contribution in [0, 0.1) is 0 Å². The highest BCUT2D eigenvalue weighted by atomic mass is 79.9. The third-order valence-corrected chi connectivity index (χ3v) is 4.10. The minimum absolute atomic E-state index is 0.531. The molecule has 1 nitrogen and oxygen atoms in total. The van der Waals surface area contributed by atoms with Crippen molar-refractivity contribution < 1.29 is 4.74 Å². The fraction of sp³-hybridized carbons (Fsp3) is 0.0476. The Labute approximate surface area is 145 Å². The highest BCUT2D eigenvalue weighted by molar-refractivity contribution is 9.10. The van der Waals surface area contributed by atoms with E-state index in [-0.39, 0.29) is 0 Å². The second kappa shape index (κ2) is 7.30. The molecule has 23 heavy (non-hydrogen) atoms. The van der Waals surface area contributed by atoms with Gasteiger partial charge in [0.05, 0.1) is 0 Å². The van der Waals surface area contributed by atoms with Crippen molar-refractivity contribution >= 4 is 22.0 Å². The molecule has 0 saturated carbocycles. The Morgan fingerprint density at radius 2 is 1.74 bits per heavy atom. The summed E-state index contributed by atoms with van der Waals surface area (Å²) in [6, 6.07) is 24.6. The van der Waals surface area contributed by atoms with E-state index in [2.05, 4.69) is 52.8 Å². The maximum Gasteiger partial charge on any atom is 0.127 e. The second-order valence-corrected chi connectivity index (χ2v) is 6.16. The quantitative estimate of drug-likeness (QED) is 0.513. The molecule has 0 aliphatic carbocycles. The van der Waals surface area contributed by atoms with Crippen LogP contribution in [0.1, 0.15) is 11.1 Å². The van der Waals surface area contributed by atoms with Crippen LogP contribution in [0.25, 0.3) is 17.2 Å². The normalized spacial score (nSPS) is 10.3. The Bertz CT molecular complexity index is 809. The molecule has 0 aromatic heterocycles. The molecule has 0 radical (unpaired) electrons. The topological polar surface area (TPSA) is 9.23 Å². The monoisotopic (exact) mass is 364 g/mol. The number of ether oxygens (including phenoxy) is 1. The molecule has 0 aliphatic rings. The van der Waals surface area contributed by atoms with Crippen molar-refractivity contribution in [2.24, 2.45) is 0 Å². The van der Waals surface area contributed by atoms with E-state index in [1.807, 2.05) is 48.5 Å². The molecule has 0 N–H and O–H groups in total. The second-order valence-electron chi connectivity index (χ2n) is 5.24. The predicted octanol–water partition coefficient (Wildman–Crippen LogP) is 6.34. The van der Waals surface area contributed by atoms with Crippen molar-refractivity contribution in [2.75, 3.05) is 0 Å². The SMILES string of the molecule is C=Cc1cccc(COc2ccc(Br)cc2-c2ccccc2)c1. The van der Waals surface area contributed by atoms with E-state index in [4.69, 9.17) is 4.74 Å². The van der Waals surface area contributed by atoms with Crippen LogP contribution in [0.5, 0.6) is 5.75 Å². The molecule has 3 aromatic carbocycles.